The zero-order valence-corrected chi connectivity index (χ0v) is 40.8. The Morgan fingerprint density at radius 2 is 0.627 bits per heavy atom. The molecular formula is C71H46N4. The minimum atomic E-state index is -0.727. The van der Waals surface area contributed by atoms with E-state index in [-0.39, 0.29) is 0 Å². The van der Waals surface area contributed by atoms with Gasteiger partial charge < -0.3 is 4.90 Å². The van der Waals surface area contributed by atoms with E-state index in [4.69, 9.17) is 15.0 Å². The number of anilines is 3. The first-order chi connectivity index (χ1) is 37.2. The van der Waals surface area contributed by atoms with Gasteiger partial charge in [0.05, 0.1) is 22.2 Å². The molecule has 1 aliphatic heterocycles. The summed E-state index contributed by atoms with van der Waals surface area (Å²) in [6, 6.07) is 102. The fourth-order valence-corrected chi connectivity index (χ4v) is 13.0. The SMILES string of the molecule is c1ccc(-c2nc(-c3cccc(-c4ccc5c(c4)C4(c6ccccc6N5c5ccccc5)c5ccccc5C5(c6ccccc6-c6ccccc65)c5ccccc54)c3)nc(-c3ccccc3-c3ccccc3)n2)cc1. The van der Waals surface area contributed by atoms with Gasteiger partial charge >= 0.3 is 0 Å². The Hall–Kier alpha value is -9.77. The van der Waals surface area contributed by atoms with Gasteiger partial charge in [0.1, 0.15) is 0 Å². The van der Waals surface area contributed by atoms with Crippen LogP contribution in [-0.2, 0) is 10.8 Å². The van der Waals surface area contributed by atoms with Crippen LogP contribution in [0.1, 0.15) is 44.5 Å². The van der Waals surface area contributed by atoms with Crippen LogP contribution in [0.25, 0.3) is 67.5 Å². The molecule has 0 saturated carbocycles. The minimum absolute atomic E-state index is 0.549. The molecule has 75 heavy (non-hydrogen) atoms. The van der Waals surface area contributed by atoms with E-state index in [1.165, 1.54) is 55.6 Å². The highest BCUT2D eigenvalue weighted by Gasteiger charge is 2.59. The Morgan fingerprint density at radius 1 is 0.227 bits per heavy atom. The topological polar surface area (TPSA) is 41.9 Å². The maximum atomic E-state index is 5.32. The number of benzene rings is 11. The Labute approximate surface area is 436 Å². The summed E-state index contributed by atoms with van der Waals surface area (Å²) >= 11 is 0. The summed E-state index contributed by atoms with van der Waals surface area (Å²) in [4.78, 5) is 18.2. The quantitative estimate of drug-likeness (QED) is 0.167. The van der Waals surface area contributed by atoms with Crippen LogP contribution in [0.2, 0.25) is 0 Å². The van der Waals surface area contributed by atoms with E-state index >= 15 is 0 Å². The number of nitrogens with zero attached hydrogens (tertiary/aromatic N) is 4. The first-order valence-electron chi connectivity index (χ1n) is 25.8. The number of aromatic nitrogens is 3. The maximum absolute atomic E-state index is 5.32. The van der Waals surface area contributed by atoms with Crippen molar-refractivity contribution in [1.29, 1.82) is 0 Å². The summed E-state index contributed by atoms with van der Waals surface area (Å²) in [6.07, 6.45) is 0. The normalized spacial score (nSPS) is 13.8. The molecule has 0 amide bonds. The summed E-state index contributed by atoms with van der Waals surface area (Å²) in [6.45, 7) is 0. The van der Waals surface area contributed by atoms with Gasteiger partial charge in [-0.3, -0.25) is 0 Å². The highest BCUT2D eigenvalue weighted by Crippen LogP contribution is 2.67. The number of rotatable bonds is 6. The first-order valence-corrected chi connectivity index (χ1v) is 25.8. The van der Waals surface area contributed by atoms with E-state index < -0.39 is 10.8 Å². The fourth-order valence-electron chi connectivity index (χ4n) is 13.0. The van der Waals surface area contributed by atoms with Crippen molar-refractivity contribution in [2.24, 2.45) is 0 Å². The summed E-state index contributed by atoms with van der Waals surface area (Å²) in [5.74, 6) is 1.86. The molecule has 0 N–H and O–H groups in total. The molecule has 0 radical (unpaired) electrons. The van der Waals surface area contributed by atoms with Crippen molar-refractivity contribution in [3.8, 4) is 67.5 Å². The Balaban J connectivity index is 0.976. The lowest BCUT2D eigenvalue weighted by Crippen LogP contribution is -2.47. The minimum Gasteiger partial charge on any atom is -0.310 e. The number of para-hydroxylation sites is 2. The molecule has 15 rings (SSSR count). The van der Waals surface area contributed by atoms with Gasteiger partial charge in [-0.2, -0.15) is 0 Å². The van der Waals surface area contributed by atoms with Crippen molar-refractivity contribution in [2.45, 2.75) is 10.8 Å². The van der Waals surface area contributed by atoms with E-state index in [0.717, 1.165) is 56.0 Å². The largest absolute Gasteiger partial charge is 0.310 e. The third kappa shape index (κ3) is 6.27. The van der Waals surface area contributed by atoms with E-state index in [1.807, 2.05) is 24.3 Å². The molecule has 12 aromatic rings. The average molecular weight is 955 g/mol. The first kappa shape index (κ1) is 42.9. The number of hydrogen-bond acceptors (Lipinski definition) is 4. The van der Waals surface area contributed by atoms with Crippen molar-refractivity contribution in [2.75, 3.05) is 4.90 Å². The predicted molar refractivity (Wildman–Crippen MR) is 304 cm³/mol. The van der Waals surface area contributed by atoms with Crippen molar-refractivity contribution in [1.82, 2.24) is 15.0 Å². The monoisotopic (exact) mass is 954 g/mol. The zero-order valence-electron chi connectivity index (χ0n) is 40.8. The molecule has 2 spiro atoms. The molecule has 350 valence electrons. The fraction of sp³-hybridized carbons (Fsp3) is 0.0282. The van der Waals surface area contributed by atoms with E-state index in [9.17, 15) is 0 Å². The van der Waals surface area contributed by atoms with Crippen molar-refractivity contribution in [3.63, 3.8) is 0 Å². The van der Waals surface area contributed by atoms with Crippen LogP contribution in [0.3, 0.4) is 0 Å². The van der Waals surface area contributed by atoms with Gasteiger partial charge in [-0.1, -0.05) is 243 Å². The molecule has 0 saturated heterocycles. The molecule has 1 aromatic heterocycles. The lowest BCUT2D eigenvalue weighted by atomic mass is 9.50. The molecule has 0 fully saturated rings. The molecule has 0 unspecified atom stereocenters. The van der Waals surface area contributed by atoms with Gasteiger partial charge in [-0.05, 0) is 114 Å². The van der Waals surface area contributed by atoms with Crippen LogP contribution in [0, 0.1) is 0 Å². The van der Waals surface area contributed by atoms with Crippen LogP contribution in [-0.4, -0.2) is 15.0 Å². The molecule has 0 atom stereocenters. The van der Waals surface area contributed by atoms with Crippen LogP contribution in [0.5, 0.6) is 0 Å². The molecule has 4 nitrogen and oxygen atoms in total. The second-order valence-corrected chi connectivity index (χ2v) is 19.8. The highest BCUT2D eigenvalue weighted by molar-refractivity contribution is 5.95. The molecule has 4 heteroatoms. The van der Waals surface area contributed by atoms with Gasteiger partial charge in [-0.25, -0.2) is 15.0 Å². The van der Waals surface area contributed by atoms with Crippen LogP contribution in [0.4, 0.5) is 17.1 Å². The van der Waals surface area contributed by atoms with Crippen LogP contribution in [0.15, 0.2) is 279 Å². The van der Waals surface area contributed by atoms with Gasteiger partial charge in [0.15, 0.2) is 17.5 Å². The number of fused-ring (bicyclic) bond motifs is 15. The third-order valence-corrected chi connectivity index (χ3v) is 16.0. The zero-order chi connectivity index (χ0) is 49.5. The van der Waals surface area contributed by atoms with Crippen molar-refractivity contribution in [3.05, 3.63) is 324 Å². The highest BCUT2D eigenvalue weighted by atomic mass is 15.2. The lowest BCUT2D eigenvalue weighted by Gasteiger charge is -2.53. The molecular weight excluding hydrogens is 909 g/mol. The third-order valence-electron chi connectivity index (χ3n) is 16.0. The number of hydrogen-bond donors (Lipinski definition) is 0. The summed E-state index contributed by atoms with van der Waals surface area (Å²) < 4.78 is 0. The van der Waals surface area contributed by atoms with Crippen LogP contribution < -0.4 is 4.90 Å². The molecule has 0 bridgehead atoms. The van der Waals surface area contributed by atoms with Crippen LogP contribution >= 0.6 is 0 Å². The maximum Gasteiger partial charge on any atom is 0.164 e. The van der Waals surface area contributed by atoms with Gasteiger partial charge in [0.25, 0.3) is 0 Å². The van der Waals surface area contributed by atoms with Crippen molar-refractivity contribution >= 4 is 17.1 Å². The summed E-state index contributed by atoms with van der Waals surface area (Å²) in [5, 5.41) is 0. The molecule has 2 aliphatic carbocycles. The lowest BCUT2D eigenvalue weighted by molar-refractivity contribution is 0.619. The van der Waals surface area contributed by atoms with E-state index in [1.54, 1.807) is 0 Å². The van der Waals surface area contributed by atoms with Gasteiger partial charge in [0.2, 0.25) is 0 Å². The standard InChI is InChI=1S/C71H46N4/c1-4-23-47(24-5-1)53-31-10-11-34-56(53)69-73-67(48-25-6-2-7-26-48)72-68(74-69)51-28-22-27-49(45-51)50-43-44-66-64(46-50)71(63-41-20-21-42-65(63)75(66)52-29-8-3-9-30-52)61-39-18-16-37-59(61)70(60-38-17-19-40-62(60)71)57-35-14-12-32-54(57)55-33-13-15-36-58(55)70/h1-46H. The molecule has 3 aliphatic rings. The Morgan fingerprint density at radius 3 is 1.24 bits per heavy atom. The Bertz CT molecular complexity index is 4110. The van der Waals surface area contributed by atoms with E-state index in [2.05, 4.69) is 260 Å². The molecule has 11 aromatic carbocycles. The smallest absolute Gasteiger partial charge is 0.164 e. The van der Waals surface area contributed by atoms with Gasteiger partial charge in [0, 0.05) is 22.4 Å². The predicted octanol–water partition coefficient (Wildman–Crippen LogP) is 17.0. The van der Waals surface area contributed by atoms with Gasteiger partial charge in [-0.15, -0.1) is 0 Å². The average Bonchev–Trinajstić information content (AvgIpc) is 4.08. The Kier molecular flexibility index (Phi) is 9.67. The second-order valence-electron chi connectivity index (χ2n) is 19.8. The van der Waals surface area contributed by atoms with E-state index in [0.29, 0.717) is 17.5 Å². The molecule has 2 heterocycles. The van der Waals surface area contributed by atoms with Crippen molar-refractivity contribution < 1.29 is 0 Å². The summed E-state index contributed by atoms with van der Waals surface area (Å²) in [7, 11) is 0. The summed E-state index contributed by atoms with van der Waals surface area (Å²) in [5.41, 5.74) is 22.1. The second kappa shape index (κ2) is 16.9.